The Morgan fingerprint density at radius 1 is 1.28 bits per heavy atom. The van der Waals surface area contributed by atoms with Crippen molar-refractivity contribution < 1.29 is 9.90 Å². The highest BCUT2D eigenvalue weighted by Gasteiger charge is 2.10. The van der Waals surface area contributed by atoms with Crippen LogP contribution in [0.1, 0.15) is 37.6 Å². The molecule has 0 saturated heterocycles. The molecule has 25 heavy (non-hydrogen) atoms. The first-order chi connectivity index (χ1) is 12.0. The number of hydrogen-bond donors (Lipinski definition) is 3. The number of nitrogens with one attached hydrogen (secondary N) is 2. The predicted octanol–water partition coefficient (Wildman–Crippen LogP) is 3.41. The van der Waals surface area contributed by atoms with Crippen LogP contribution in [0.15, 0.2) is 30.3 Å². The van der Waals surface area contributed by atoms with Crippen molar-refractivity contribution in [1.82, 2.24) is 15.1 Å². The van der Waals surface area contributed by atoms with E-state index in [-0.39, 0.29) is 12.6 Å². The average Bonchev–Trinajstić information content (AvgIpc) is 2.92. The van der Waals surface area contributed by atoms with Crippen LogP contribution >= 0.6 is 0 Å². The van der Waals surface area contributed by atoms with Crippen molar-refractivity contribution >= 4 is 11.7 Å². The van der Waals surface area contributed by atoms with Crippen LogP contribution in [0.25, 0.3) is 5.69 Å². The molecule has 0 saturated carbocycles. The van der Waals surface area contributed by atoms with Gasteiger partial charge in [0.1, 0.15) is 0 Å². The number of aryl methyl sites for hydroxylation is 2. The zero-order valence-corrected chi connectivity index (χ0v) is 15.2. The topological polar surface area (TPSA) is 79.2 Å². The van der Waals surface area contributed by atoms with Gasteiger partial charge in [0.15, 0.2) is 0 Å². The Morgan fingerprint density at radius 2 is 2.08 bits per heavy atom. The lowest BCUT2D eigenvalue weighted by Gasteiger charge is -2.16. The summed E-state index contributed by atoms with van der Waals surface area (Å²) in [6, 6.07) is 9.39. The van der Waals surface area contributed by atoms with Crippen molar-refractivity contribution in [3.05, 3.63) is 41.7 Å². The summed E-state index contributed by atoms with van der Waals surface area (Å²) in [6.45, 7) is 6.78. The number of carbonyl (C=O) groups excluding carboxylic acids is 1. The number of aromatic nitrogens is 2. The van der Waals surface area contributed by atoms with E-state index >= 15 is 0 Å². The number of benzene rings is 1. The Kier molecular flexibility index (Phi) is 7.01. The lowest BCUT2D eigenvalue weighted by atomic mass is 10.0. The maximum Gasteiger partial charge on any atom is 0.319 e. The summed E-state index contributed by atoms with van der Waals surface area (Å²) in [7, 11) is 0. The first-order valence-corrected chi connectivity index (χ1v) is 8.83. The Bertz CT molecular complexity index is 690. The zero-order chi connectivity index (χ0) is 18.2. The van der Waals surface area contributed by atoms with Crippen LogP contribution in [-0.2, 0) is 0 Å². The molecule has 0 radical (unpaired) electrons. The molecule has 3 N–H and O–H groups in total. The van der Waals surface area contributed by atoms with Gasteiger partial charge >= 0.3 is 6.03 Å². The normalized spacial score (nSPS) is 12.0. The van der Waals surface area contributed by atoms with E-state index in [1.807, 2.05) is 48.9 Å². The van der Waals surface area contributed by atoms with Gasteiger partial charge in [-0.25, -0.2) is 9.48 Å². The van der Waals surface area contributed by atoms with Crippen molar-refractivity contribution in [3.8, 4) is 5.69 Å². The van der Waals surface area contributed by atoms with E-state index in [9.17, 15) is 4.79 Å². The lowest BCUT2D eigenvalue weighted by molar-refractivity contribution is 0.237. The van der Waals surface area contributed by atoms with Gasteiger partial charge in [0, 0.05) is 24.5 Å². The fourth-order valence-corrected chi connectivity index (χ4v) is 2.96. The van der Waals surface area contributed by atoms with E-state index in [1.165, 1.54) is 0 Å². The lowest BCUT2D eigenvalue weighted by Crippen LogP contribution is -2.33. The second-order valence-corrected chi connectivity index (χ2v) is 6.39. The smallest absolute Gasteiger partial charge is 0.319 e. The SMILES string of the molecule is CCCC(CCO)CNC(=O)Nc1cccc(-n2nc(C)cc2C)c1. The Morgan fingerprint density at radius 3 is 2.72 bits per heavy atom. The van der Waals surface area contributed by atoms with E-state index in [0.717, 1.165) is 35.6 Å². The molecule has 2 amide bonds. The second-order valence-electron chi connectivity index (χ2n) is 6.39. The van der Waals surface area contributed by atoms with E-state index in [0.29, 0.717) is 18.9 Å². The second kappa shape index (κ2) is 9.22. The van der Waals surface area contributed by atoms with Crippen LogP contribution in [0, 0.1) is 19.8 Å². The van der Waals surface area contributed by atoms with Gasteiger partial charge in [-0.05, 0) is 56.9 Å². The quantitative estimate of drug-likeness (QED) is 0.686. The molecule has 2 aromatic rings. The molecule has 2 rings (SSSR count). The molecule has 136 valence electrons. The summed E-state index contributed by atoms with van der Waals surface area (Å²) in [6.07, 6.45) is 2.74. The van der Waals surface area contributed by atoms with Crippen molar-refractivity contribution in [2.24, 2.45) is 5.92 Å². The standard InChI is InChI=1S/C19H28N4O2/c1-4-6-16(9-10-24)13-20-19(25)21-17-7-5-8-18(12-17)23-15(3)11-14(2)22-23/h5,7-8,11-12,16,24H,4,6,9-10,13H2,1-3H3,(H2,20,21,25). The van der Waals surface area contributed by atoms with Gasteiger partial charge in [0.2, 0.25) is 0 Å². The summed E-state index contributed by atoms with van der Waals surface area (Å²) in [5.41, 5.74) is 3.63. The van der Waals surface area contributed by atoms with Gasteiger partial charge in [0.05, 0.1) is 11.4 Å². The minimum Gasteiger partial charge on any atom is -0.396 e. The monoisotopic (exact) mass is 344 g/mol. The highest BCUT2D eigenvalue weighted by atomic mass is 16.3. The minimum absolute atomic E-state index is 0.151. The van der Waals surface area contributed by atoms with E-state index in [4.69, 9.17) is 5.11 Å². The predicted molar refractivity (Wildman–Crippen MR) is 100 cm³/mol. The maximum absolute atomic E-state index is 12.1. The molecule has 1 aromatic carbocycles. The van der Waals surface area contributed by atoms with Crippen LogP contribution < -0.4 is 10.6 Å². The molecule has 0 aliphatic heterocycles. The molecule has 6 heteroatoms. The highest BCUT2D eigenvalue weighted by molar-refractivity contribution is 5.89. The number of amides is 2. The molecule has 0 aliphatic rings. The zero-order valence-electron chi connectivity index (χ0n) is 15.2. The van der Waals surface area contributed by atoms with Crippen molar-refractivity contribution in [2.45, 2.75) is 40.0 Å². The van der Waals surface area contributed by atoms with Crippen LogP contribution in [0.3, 0.4) is 0 Å². The number of carbonyl (C=O) groups is 1. The molecule has 0 aliphatic carbocycles. The molecule has 1 unspecified atom stereocenters. The van der Waals surface area contributed by atoms with Gasteiger partial charge in [0.25, 0.3) is 0 Å². The summed E-state index contributed by atoms with van der Waals surface area (Å²) >= 11 is 0. The van der Waals surface area contributed by atoms with Gasteiger partial charge in [-0.2, -0.15) is 5.10 Å². The molecular weight excluding hydrogens is 316 g/mol. The number of rotatable bonds is 8. The van der Waals surface area contributed by atoms with Crippen molar-refractivity contribution in [2.75, 3.05) is 18.5 Å². The molecule has 0 bridgehead atoms. The number of hydrogen-bond acceptors (Lipinski definition) is 3. The third-order valence-electron chi connectivity index (χ3n) is 4.14. The van der Waals surface area contributed by atoms with Gasteiger partial charge in [-0.3, -0.25) is 0 Å². The summed E-state index contributed by atoms with van der Waals surface area (Å²) in [5.74, 6) is 0.307. The Hall–Kier alpha value is -2.34. The van der Waals surface area contributed by atoms with Gasteiger partial charge < -0.3 is 15.7 Å². The van der Waals surface area contributed by atoms with Crippen molar-refractivity contribution in [1.29, 1.82) is 0 Å². The first kappa shape index (κ1) is 19.0. The number of anilines is 1. The molecule has 1 atom stereocenters. The molecular formula is C19H28N4O2. The third kappa shape index (κ3) is 5.60. The van der Waals surface area contributed by atoms with E-state index in [1.54, 1.807) is 0 Å². The highest BCUT2D eigenvalue weighted by Crippen LogP contribution is 2.17. The summed E-state index contributed by atoms with van der Waals surface area (Å²) < 4.78 is 1.86. The van der Waals surface area contributed by atoms with Crippen LogP contribution in [0.5, 0.6) is 0 Å². The minimum atomic E-state index is -0.232. The number of aliphatic hydroxyl groups excluding tert-OH is 1. The molecule has 6 nitrogen and oxygen atoms in total. The van der Waals surface area contributed by atoms with E-state index < -0.39 is 0 Å². The number of nitrogens with zero attached hydrogens (tertiary/aromatic N) is 2. The average molecular weight is 344 g/mol. The van der Waals surface area contributed by atoms with E-state index in [2.05, 4.69) is 22.7 Å². The van der Waals surface area contributed by atoms with Gasteiger partial charge in [-0.1, -0.05) is 19.4 Å². The number of urea groups is 1. The van der Waals surface area contributed by atoms with Crippen molar-refractivity contribution in [3.63, 3.8) is 0 Å². The third-order valence-corrected chi connectivity index (χ3v) is 4.14. The summed E-state index contributed by atoms with van der Waals surface area (Å²) in [5, 5.41) is 19.3. The van der Waals surface area contributed by atoms with Crippen LogP contribution in [0.4, 0.5) is 10.5 Å². The van der Waals surface area contributed by atoms with Gasteiger partial charge in [-0.15, -0.1) is 0 Å². The molecule has 0 fully saturated rings. The van der Waals surface area contributed by atoms with Crippen LogP contribution in [-0.4, -0.2) is 34.1 Å². The molecule has 1 heterocycles. The van der Waals surface area contributed by atoms with Crippen LogP contribution in [0.2, 0.25) is 0 Å². The fourth-order valence-electron chi connectivity index (χ4n) is 2.96. The first-order valence-electron chi connectivity index (χ1n) is 8.83. The summed E-state index contributed by atoms with van der Waals surface area (Å²) in [4.78, 5) is 12.1. The molecule has 0 spiro atoms. The maximum atomic E-state index is 12.1. The Labute approximate surface area is 149 Å². The molecule has 1 aromatic heterocycles. The largest absolute Gasteiger partial charge is 0.396 e. The fraction of sp³-hybridized carbons (Fsp3) is 0.474. The number of aliphatic hydroxyl groups is 1. The Balaban J connectivity index is 1.97.